The third-order valence-corrected chi connectivity index (χ3v) is 5.25. The van der Waals surface area contributed by atoms with Crippen LogP contribution in [-0.2, 0) is 25.7 Å². The van der Waals surface area contributed by atoms with Gasteiger partial charge in [-0.1, -0.05) is 25.5 Å². The van der Waals surface area contributed by atoms with Crippen molar-refractivity contribution in [1.29, 1.82) is 0 Å². The van der Waals surface area contributed by atoms with E-state index in [1.807, 2.05) is 6.92 Å². The van der Waals surface area contributed by atoms with E-state index in [1.165, 1.54) is 11.9 Å². The van der Waals surface area contributed by atoms with E-state index in [2.05, 4.69) is 36.6 Å². The molecule has 2 rings (SSSR count). The molecule has 4 N–H and O–H groups in total. The molecule has 0 spiro atoms. The minimum absolute atomic E-state index is 0.0215. The van der Waals surface area contributed by atoms with Crippen LogP contribution < -0.4 is 16.0 Å². The Kier molecular flexibility index (Phi) is 9.08. The summed E-state index contributed by atoms with van der Waals surface area (Å²) in [6, 6.07) is -2.74. The molecule has 3 atom stereocenters. The van der Waals surface area contributed by atoms with Crippen molar-refractivity contribution < 1.29 is 28.7 Å². The Morgan fingerprint density at radius 3 is 2.49 bits per heavy atom. The molecular weight excluding hydrogens is 462 g/mol. The summed E-state index contributed by atoms with van der Waals surface area (Å²) in [5.41, 5.74) is -0.752. The van der Waals surface area contributed by atoms with Gasteiger partial charge in [0.1, 0.15) is 17.7 Å². The lowest BCUT2D eigenvalue weighted by Gasteiger charge is -2.26. The number of alkyl carbamates (subject to hydrolysis) is 1. The highest BCUT2D eigenvalue weighted by molar-refractivity contribution is 6.03. The van der Waals surface area contributed by atoms with Crippen LogP contribution in [0.5, 0.6) is 0 Å². The molecule has 1 aliphatic heterocycles. The third kappa shape index (κ3) is 7.61. The summed E-state index contributed by atoms with van der Waals surface area (Å²) in [5.74, 6) is -2.00. The topological polar surface area (TPSA) is 192 Å². The molecule has 15 heteroatoms. The van der Waals surface area contributed by atoms with E-state index in [0.717, 1.165) is 4.90 Å². The summed E-state index contributed by atoms with van der Waals surface area (Å²) in [4.78, 5) is 65.0. The Morgan fingerprint density at radius 2 is 1.91 bits per heavy atom. The second-order valence-corrected chi connectivity index (χ2v) is 9.22. The number of hydrogen-bond acceptors (Lipinski definition) is 9. The lowest BCUT2D eigenvalue weighted by atomic mass is 9.98. The first-order chi connectivity index (χ1) is 16.3. The van der Waals surface area contributed by atoms with E-state index >= 15 is 0 Å². The fourth-order valence-corrected chi connectivity index (χ4v) is 3.25. The van der Waals surface area contributed by atoms with Gasteiger partial charge in [-0.05, 0) is 26.7 Å². The van der Waals surface area contributed by atoms with Gasteiger partial charge in [-0.15, -0.1) is 10.2 Å². The predicted octanol–water partition coefficient (Wildman–Crippen LogP) is -0.866. The first kappa shape index (κ1) is 27.5. The number of nitrogens with zero attached hydrogens (tertiary/aromatic N) is 5. The van der Waals surface area contributed by atoms with Gasteiger partial charge in [-0.25, -0.2) is 14.5 Å². The first-order valence-electron chi connectivity index (χ1n) is 11.2. The van der Waals surface area contributed by atoms with Crippen molar-refractivity contribution in [1.82, 2.24) is 46.4 Å². The molecule has 0 saturated carbocycles. The van der Waals surface area contributed by atoms with Crippen LogP contribution in [0.2, 0.25) is 0 Å². The van der Waals surface area contributed by atoms with E-state index in [-0.39, 0.29) is 24.8 Å². The van der Waals surface area contributed by atoms with Crippen LogP contribution in [0.15, 0.2) is 0 Å². The maximum Gasteiger partial charge on any atom is 0.408 e. The van der Waals surface area contributed by atoms with Gasteiger partial charge in [0.2, 0.25) is 11.8 Å². The average molecular weight is 496 g/mol. The van der Waals surface area contributed by atoms with Crippen LogP contribution in [0, 0.1) is 5.92 Å². The van der Waals surface area contributed by atoms with Crippen molar-refractivity contribution in [2.75, 3.05) is 20.1 Å². The molecule has 1 fully saturated rings. The standard InChI is InChI=1S/C20H33N9O6/c1-7-11(2)15(23-18(33)35-20(3,4)5)17(32)22-9-14(30)29-12(10-28(6)19(29)34)16(31)21-8-13-24-26-27-25-13/h11-12,15H,7-10H2,1-6H3,(H,21,31)(H,22,32)(H,23,33)(H,24,25,26,27)/t11-,12-,15-/m0/s1. The van der Waals surface area contributed by atoms with Crippen LogP contribution in [0.4, 0.5) is 9.59 Å². The van der Waals surface area contributed by atoms with Crippen LogP contribution >= 0.6 is 0 Å². The minimum Gasteiger partial charge on any atom is -0.444 e. The summed E-state index contributed by atoms with van der Waals surface area (Å²) in [6.45, 7) is 8.10. The maximum absolute atomic E-state index is 12.9. The van der Waals surface area contributed by atoms with Crippen molar-refractivity contribution in [3.63, 3.8) is 0 Å². The second-order valence-electron chi connectivity index (χ2n) is 9.22. The van der Waals surface area contributed by atoms with Gasteiger partial charge in [-0.2, -0.15) is 5.21 Å². The number of imide groups is 1. The molecule has 0 radical (unpaired) electrons. The molecule has 0 unspecified atom stereocenters. The minimum atomic E-state index is -1.10. The van der Waals surface area contributed by atoms with Gasteiger partial charge in [-0.3, -0.25) is 14.4 Å². The van der Waals surface area contributed by atoms with Gasteiger partial charge in [0.25, 0.3) is 5.91 Å². The zero-order valence-corrected chi connectivity index (χ0v) is 20.7. The molecule has 15 nitrogen and oxygen atoms in total. The number of likely N-dealkylation sites (N-methyl/N-ethyl adjacent to an activating group) is 1. The number of tetrazole rings is 1. The Labute approximate surface area is 202 Å². The molecule has 0 aliphatic carbocycles. The molecule has 2 heterocycles. The zero-order valence-electron chi connectivity index (χ0n) is 20.7. The lowest BCUT2D eigenvalue weighted by Crippen LogP contribution is -2.55. The quantitative estimate of drug-likeness (QED) is 0.337. The molecule has 1 aliphatic rings. The van der Waals surface area contributed by atoms with E-state index in [0.29, 0.717) is 6.42 Å². The second kappa shape index (κ2) is 11.6. The Hall–Kier alpha value is -3.78. The SMILES string of the molecule is CC[C@H](C)[C@H](NC(=O)OC(C)(C)C)C(=O)NCC(=O)N1C(=O)N(C)C[C@H]1C(=O)NCc1nn[nH]n1. The Morgan fingerprint density at radius 1 is 1.23 bits per heavy atom. The van der Waals surface area contributed by atoms with Gasteiger partial charge >= 0.3 is 12.1 Å². The highest BCUT2D eigenvalue weighted by atomic mass is 16.6. The molecule has 1 aromatic heterocycles. The smallest absolute Gasteiger partial charge is 0.408 e. The molecule has 35 heavy (non-hydrogen) atoms. The fraction of sp³-hybridized carbons (Fsp3) is 0.700. The summed E-state index contributed by atoms with van der Waals surface area (Å²) in [6.07, 6.45) is -0.196. The number of ether oxygens (including phenoxy) is 1. The fourth-order valence-electron chi connectivity index (χ4n) is 3.25. The number of nitrogens with one attached hydrogen (secondary N) is 4. The molecule has 1 saturated heterocycles. The van der Waals surface area contributed by atoms with E-state index < -0.39 is 54.1 Å². The number of aromatic amines is 1. The van der Waals surface area contributed by atoms with Gasteiger partial charge in [0, 0.05) is 7.05 Å². The predicted molar refractivity (Wildman–Crippen MR) is 120 cm³/mol. The van der Waals surface area contributed by atoms with Gasteiger partial charge in [0.05, 0.1) is 19.6 Å². The Bertz CT molecular complexity index is 930. The molecule has 1 aromatic rings. The first-order valence-corrected chi connectivity index (χ1v) is 11.2. The molecule has 0 bridgehead atoms. The number of rotatable bonds is 9. The molecule has 6 amide bonds. The number of aromatic nitrogens is 4. The van der Waals surface area contributed by atoms with Crippen molar-refractivity contribution >= 4 is 29.8 Å². The van der Waals surface area contributed by atoms with E-state index in [9.17, 15) is 24.0 Å². The maximum atomic E-state index is 12.9. The van der Waals surface area contributed by atoms with Crippen LogP contribution in [0.25, 0.3) is 0 Å². The third-order valence-electron chi connectivity index (χ3n) is 5.25. The van der Waals surface area contributed by atoms with Gasteiger partial charge < -0.3 is 25.6 Å². The van der Waals surface area contributed by atoms with Crippen molar-refractivity contribution in [2.45, 2.75) is 65.3 Å². The van der Waals surface area contributed by atoms with Crippen molar-refractivity contribution in [2.24, 2.45) is 5.92 Å². The molecular formula is C20H33N9O6. The number of H-pyrrole nitrogens is 1. The van der Waals surface area contributed by atoms with Crippen LogP contribution in [0.1, 0.15) is 46.9 Å². The summed E-state index contributed by atoms with van der Waals surface area (Å²) < 4.78 is 5.22. The average Bonchev–Trinajstić information content (AvgIpc) is 3.40. The highest BCUT2D eigenvalue weighted by Crippen LogP contribution is 2.16. The van der Waals surface area contributed by atoms with Gasteiger partial charge in [0.15, 0.2) is 5.82 Å². The number of carbonyl (C=O) groups is 5. The van der Waals surface area contributed by atoms with Crippen molar-refractivity contribution in [3.8, 4) is 0 Å². The number of urea groups is 1. The van der Waals surface area contributed by atoms with Crippen LogP contribution in [0.3, 0.4) is 0 Å². The molecule has 0 aromatic carbocycles. The molecule has 194 valence electrons. The Balaban J connectivity index is 2.02. The van der Waals surface area contributed by atoms with E-state index in [4.69, 9.17) is 4.74 Å². The van der Waals surface area contributed by atoms with Crippen LogP contribution in [-0.4, -0.2) is 98.1 Å². The van der Waals surface area contributed by atoms with E-state index in [1.54, 1.807) is 27.7 Å². The summed E-state index contributed by atoms with van der Waals surface area (Å²) >= 11 is 0. The monoisotopic (exact) mass is 495 g/mol. The number of hydrogen-bond donors (Lipinski definition) is 4. The van der Waals surface area contributed by atoms with Crippen molar-refractivity contribution in [3.05, 3.63) is 5.82 Å². The zero-order chi connectivity index (χ0) is 26.3. The highest BCUT2D eigenvalue weighted by Gasteiger charge is 2.43. The normalized spacial score (nSPS) is 17.5. The largest absolute Gasteiger partial charge is 0.444 e. The lowest BCUT2D eigenvalue weighted by molar-refractivity contribution is -0.136. The number of amides is 6. The summed E-state index contributed by atoms with van der Waals surface area (Å²) in [5, 5.41) is 20.6. The number of carbonyl (C=O) groups excluding carboxylic acids is 5. The summed E-state index contributed by atoms with van der Waals surface area (Å²) in [7, 11) is 1.46.